The predicted octanol–water partition coefficient (Wildman–Crippen LogP) is 5.79. The zero-order valence-corrected chi connectivity index (χ0v) is 22.8. The zero-order chi connectivity index (χ0) is 25.6. The molecule has 3 amide bonds. The first-order valence-corrected chi connectivity index (χ1v) is 13.4. The lowest BCUT2D eigenvalue weighted by molar-refractivity contribution is -0.136. The fraction of sp³-hybridized carbons (Fsp3) is 0.250. The van der Waals surface area contributed by atoms with Gasteiger partial charge in [0.1, 0.15) is 6.54 Å². The SMILES string of the molecule is Cc1cc(-n2c(C)cc(/C=C3\SC(=O)N(CC(=O)N4CCc5ccccc5C4)C3=O)c2C)ccc1Br. The molecule has 0 atom stereocenters. The third kappa shape index (κ3) is 4.55. The normalized spacial score (nSPS) is 16.7. The molecule has 0 spiro atoms. The van der Waals surface area contributed by atoms with Gasteiger partial charge in [-0.25, -0.2) is 0 Å². The Hall–Kier alpha value is -3.10. The van der Waals surface area contributed by atoms with Gasteiger partial charge in [-0.05, 0) is 91.5 Å². The fourth-order valence-corrected chi connectivity index (χ4v) is 5.90. The highest BCUT2D eigenvalue weighted by Gasteiger charge is 2.37. The van der Waals surface area contributed by atoms with E-state index in [0.29, 0.717) is 18.0 Å². The number of rotatable bonds is 4. The molecule has 0 bridgehead atoms. The molecule has 0 radical (unpaired) electrons. The van der Waals surface area contributed by atoms with Crippen LogP contribution in [0.1, 0.15) is 33.6 Å². The van der Waals surface area contributed by atoms with Gasteiger partial charge >= 0.3 is 0 Å². The molecule has 2 aliphatic heterocycles. The van der Waals surface area contributed by atoms with Gasteiger partial charge in [0.2, 0.25) is 5.91 Å². The maximum absolute atomic E-state index is 13.1. The monoisotopic (exact) mass is 563 g/mol. The number of carbonyl (C=O) groups is 3. The molecule has 184 valence electrons. The quantitative estimate of drug-likeness (QED) is 0.377. The van der Waals surface area contributed by atoms with Crippen molar-refractivity contribution in [1.29, 1.82) is 0 Å². The molecule has 36 heavy (non-hydrogen) atoms. The second-order valence-electron chi connectivity index (χ2n) is 9.20. The van der Waals surface area contributed by atoms with Gasteiger partial charge in [0.05, 0.1) is 4.91 Å². The molecule has 0 saturated carbocycles. The van der Waals surface area contributed by atoms with Gasteiger partial charge in [-0.15, -0.1) is 0 Å². The number of hydrogen-bond acceptors (Lipinski definition) is 4. The molecule has 0 unspecified atom stereocenters. The molecular weight excluding hydrogens is 538 g/mol. The standard InChI is InChI=1S/C28H26BrN3O3S/c1-17-12-23(8-9-24(17)29)32-18(2)13-22(19(32)3)14-25-27(34)31(28(35)36-25)16-26(33)30-11-10-20-6-4-5-7-21(20)15-30/h4-9,12-14H,10-11,15-16H2,1-3H3/b25-14-. The van der Waals surface area contributed by atoms with Crippen molar-refractivity contribution in [2.24, 2.45) is 0 Å². The van der Waals surface area contributed by atoms with Gasteiger partial charge in [0.15, 0.2) is 0 Å². The number of amides is 3. The molecule has 8 heteroatoms. The fourth-order valence-electron chi connectivity index (χ4n) is 4.82. The minimum atomic E-state index is -0.417. The first kappa shape index (κ1) is 24.6. The van der Waals surface area contributed by atoms with E-state index in [9.17, 15) is 14.4 Å². The van der Waals surface area contributed by atoms with Crippen molar-refractivity contribution in [2.75, 3.05) is 13.1 Å². The Bertz CT molecular complexity index is 1440. The van der Waals surface area contributed by atoms with Crippen LogP contribution in [0.4, 0.5) is 4.79 Å². The van der Waals surface area contributed by atoms with Crippen LogP contribution in [0.15, 0.2) is 57.9 Å². The Morgan fingerprint density at radius 2 is 1.81 bits per heavy atom. The molecule has 0 N–H and O–H groups in total. The molecule has 2 aromatic carbocycles. The molecule has 5 rings (SSSR count). The van der Waals surface area contributed by atoms with Crippen LogP contribution in [0, 0.1) is 20.8 Å². The summed E-state index contributed by atoms with van der Waals surface area (Å²) < 4.78 is 3.18. The number of hydrogen-bond donors (Lipinski definition) is 0. The summed E-state index contributed by atoms with van der Waals surface area (Å²) in [5, 5.41) is -0.408. The number of halogens is 1. The summed E-state index contributed by atoms with van der Waals surface area (Å²) in [5.74, 6) is -0.628. The largest absolute Gasteiger partial charge is 0.336 e. The average Bonchev–Trinajstić information content (AvgIpc) is 3.29. The number of thioether (sulfide) groups is 1. The number of fused-ring (bicyclic) bond motifs is 1. The van der Waals surface area contributed by atoms with E-state index in [1.165, 1.54) is 5.56 Å². The number of carbonyl (C=O) groups excluding carboxylic acids is 3. The minimum Gasteiger partial charge on any atom is -0.336 e. The van der Waals surface area contributed by atoms with Gasteiger partial charge in [-0.1, -0.05) is 40.2 Å². The first-order valence-electron chi connectivity index (χ1n) is 11.8. The van der Waals surface area contributed by atoms with E-state index in [-0.39, 0.29) is 12.5 Å². The Morgan fingerprint density at radius 3 is 2.56 bits per heavy atom. The number of imide groups is 1. The Balaban J connectivity index is 1.34. The van der Waals surface area contributed by atoms with E-state index in [0.717, 1.165) is 61.3 Å². The number of aromatic nitrogens is 1. The van der Waals surface area contributed by atoms with Crippen molar-refractivity contribution in [2.45, 2.75) is 33.7 Å². The van der Waals surface area contributed by atoms with Crippen molar-refractivity contribution in [3.05, 3.63) is 91.6 Å². The van der Waals surface area contributed by atoms with Crippen LogP contribution >= 0.6 is 27.7 Å². The lowest BCUT2D eigenvalue weighted by atomic mass is 10.00. The van der Waals surface area contributed by atoms with Gasteiger partial charge in [0.25, 0.3) is 11.1 Å². The molecule has 1 saturated heterocycles. The van der Waals surface area contributed by atoms with Gasteiger partial charge in [-0.3, -0.25) is 19.3 Å². The predicted molar refractivity (Wildman–Crippen MR) is 146 cm³/mol. The second-order valence-corrected chi connectivity index (χ2v) is 11.0. The second kappa shape index (κ2) is 9.75. The molecular formula is C28H26BrN3O3S. The van der Waals surface area contributed by atoms with E-state index in [1.54, 1.807) is 11.0 Å². The van der Waals surface area contributed by atoms with E-state index in [1.807, 2.05) is 57.2 Å². The number of benzene rings is 2. The number of nitrogens with zero attached hydrogens (tertiary/aromatic N) is 3. The van der Waals surface area contributed by atoms with E-state index in [2.05, 4.69) is 32.6 Å². The Labute approximate surface area is 223 Å². The van der Waals surface area contributed by atoms with Crippen molar-refractivity contribution in [3.8, 4) is 5.69 Å². The van der Waals surface area contributed by atoms with Crippen molar-refractivity contribution in [1.82, 2.24) is 14.4 Å². The van der Waals surface area contributed by atoms with Crippen LogP contribution in [0.5, 0.6) is 0 Å². The third-order valence-corrected chi connectivity index (χ3v) is 8.60. The van der Waals surface area contributed by atoms with Crippen LogP contribution in [0.2, 0.25) is 0 Å². The maximum atomic E-state index is 13.1. The minimum absolute atomic E-state index is 0.211. The Morgan fingerprint density at radius 1 is 1.06 bits per heavy atom. The number of aryl methyl sites for hydroxylation is 2. The zero-order valence-electron chi connectivity index (χ0n) is 20.4. The molecule has 1 aromatic heterocycles. The first-order chi connectivity index (χ1) is 17.2. The smallest absolute Gasteiger partial charge is 0.294 e. The Kier molecular flexibility index (Phi) is 6.66. The van der Waals surface area contributed by atoms with Gasteiger partial charge in [0, 0.05) is 34.6 Å². The molecule has 3 heterocycles. The van der Waals surface area contributed by atoms with Crippen LogP contribution in [-0.4, -0.2) is 44.5 Å². The van der Waals surface area contributed by atoms with Crippen LogP contribution < -0.4 is 0 Å². The highest BCUT2D eigenvalue weighted by atomic mass is 79.9. The van der Waals surface area contributed by atoms with Crippen LogP contribution in [0.25, 0.3) is 11.8 Å². The summed E-state index contributed by atoms with van der Waals surface area (Å²) in [6.45, 7) is 6.91. The van der Waals surface area contributed by atoms with Crippen molar-refractivity contribution >= 4 is 50.8 Å². The van der Waals surface area contributed by atoms with Gasteiger partial charge < -0.3 is 9.47 Å². The highest BCUT2D eigenvalue weighted by Crippen LogP contribution is 2.34. The summed E-state index contributed by atoms with van der Waals surface area (Å²) in [6.07, 6.45) is 2.54. The molecule has 6 nitrogen and oxygen atoms in total. The molecule has 0 aliphatic carbocycles. The maximum Gasteiger partial charge on any atom is 0.294 e. The summed E-state index contributed by atoms with van der Waals surface area (Å²) in [6, 6.07) is 16.2. The summed E-state index contributed by atoms with van der Waals surface area (Å²) in [4.78, 5) is 41.9. The van der Waals surface area contributed by atoms with E-state index in [4.69, 9.17) is 0 Å². The molecule has 3 aromatic rings. The lowest BCUT2D eigenvalue weighted by Crippen LogP contribution is -2.44. The van der Waals surface area contributed by atoms with Crippen molar-refractivity contribution < 1.29 is 14.4 Å². The highest BCUT2D eigenvalue weighted by molar-refractivity contribution is 9.10. The summed E-state index contributed by atoms with van der Waals surface area (Å²) >= 11 is 4.44. The van der Waals surface area contributed by atoms with E-state index < -0.39 is 11.1 Å². The lowest BCUT2D eigenvalue weighted by Gasteiger charge is -2.29. The third-order valence-electron chi connectivity index (χ3n) is 6.81. The van der Waals surface area contributed by atoms with Crippen LogP contribution in [-0.2, 0) is 22.6 Å². The topological polar surface area (TPSA) is 62.6 Å². The van der Waals surface area contributed by atoms with Gasteiger partial charge in [-0.2, -0.15) is 0 Å². The summed E-state index contributed by atoms with van der Waals surface area (Å²) in [5.41, 5.74) is 7.40. The van der Waals surface area contributed by atoms with Crippen LogP contribution in [0.3, 0.4) is 0 Å². The average molecular weight is 565 g/mol. The molecule has 1 fully saturated rings. The van der Waals surface area contributed by atoms with E-state index >= 15 is 0 Å². The molecule has 2 aliphatic rings. The summed E-state index contributed by atoms with van der Waals surface area (Å²) in [7, 11) is 0. The van der Waals surface area contributed by atoms with Crippen molar-refractivity contribution in [3.63, 3.8) is 0 Å².